The first-order valence-corrected chi connectivity index (χ1v) is 10.9. The number of benzene rings is 2. The molecule has 4 nitrogen and oxygen atoms in total. The van der Waals surface area contributed by atoms with Gasteiger partial charge in [0.05, 0.1) is 11.1 Å². The van der Waals surface area contributed by atoms with Crippen molar-refractivity contribution in [2.75, 3.05) is 19.7 Å². The molecule has 0 spiro atoms. The number of halogens is 2. The number of rotatable bonds is 8. The van der Waals surface area contributed by atoms with Crippen molar-refractivity contribution in [2.45, 2.75) is 46.1 Å². The van der Waals surface area contributed by atoms with Gasteiger partial charge in [-0.15, -0.1) is 0 Å². The van der Waals surface area contributed by atoms with Gasteiger partial charge in [0.15, 0.2) is 0 Å². The molecule has 0 radical (unpaired) electrons. The minimum Gasteiger partial charge on any atom is -0.491 e. The molecule has 0 unspecified atom stereocenters. The van der Waals surface area contributed by atoms with E-state index in [1.54, 1.807) is 31.2 Å². The van der Waals surface area contributed by atoms with Crippen molar-refractivity contribution in [3.8, 4) is 11.5 Å². The topological polar surface area (TPSA) is 38.8 Å². The highest BCUT2D eigenvalue weighted by atomic mass is 79.9. The summed E-state index contributed by atoms with van der Waals surface area (Å²) in [5.74, 6) is -0.222. The summed E-state index contributed by atoms with van der Waals surface area (Å²) < 4.78 is 27.3. The van der Waals surface area contributed by atoms with Crippen molar-refractivity contribution in [1.29, 1.82) is 0 Å². The molecule has 1 heterocycles. The second-order valence-electron chi connectivity index (χ2n) is 7.32. The molecule has 1 aliphatic heterocycles. The summed E-state index contributed by atoms with van der Waals surface area (Å²) in [7, 11) is 0. The first kappa shape index (κ1) is 21.8. The molecule has 0 saturated carbocycles. The lowest BCUT2D eigenvalue weighted by molar-refractivity contribution is 0.0728. The predicted molar refractivity (Wildman–Crippen MR) is 115 cm³/mol. The maximum Gasteiger partial charge on any atom is 0.347 e. The molecule has 3 rings (SSSR count). The second kappa shape index (κ2) is 10.2. The van der Waals surface area contributed by atoms with Crippen LogP contribution in [0.25, 0.3) is 0 Å². The van der Waals surface area contributed by atoms with Gasteiger partial charge in [0.25, 0.3) is 0 Å². The molecule has 0 aromatic heterocycles. The first-order chi connectivity index (χ1) is 14.0. The number of hydrogen-bond acceptors (Lipinski definition) is 4. The Kier molecular flexibility index (Phi) is 7.67. The van der Waals surface area contributed by atoms with Crippen LogP contribution in [-0.4, -0.2) is 30.6 Å². The zero-order valence-corrected chi connectivity index (χ0v) is 18.6. The number of ether oxygens (including phenoxy) is 2. The van der Waals surface area contributed by atoms with Crippen LogP contribution in [0, 0.1) is 12.7 Å². The molecule has 0 N–H and O–H groups in total. The lowest BCUT2D eigenvalue weighted by Crippen LogP contribution is -2.22. The number of para-hydroxylation sites is 1. The number of likely N-dealkylation sites (tertiary alicyclic amines) is 1. The van der Waals surface area contributed by atoms with Crippen molar-refractivity contribution in [1.82, 2.24) is 4.90 Å². The monoisotopic (exact) mass is 463 g/mol. The van der Waals surface area contributed by atoms with E-state index < -0.39 is 5.97 Å². The third-order valence-corrected chi connectivity index (χ3v) is 5.98. The smallest absolute Gasteiger partial charge is 0.347 e. The predicted octanol–water partition coefficient (Wildman–Crippen LogP) is 5.89. The van der Waals surface area contributed by atoms with E-state index in [4.69, 9.17) is 9.47 Å². The number of esters is 1. The van der Waals surface area contributed by atoms with Crippen LogP contribution in [0.1, 0.15) is 54.1 Å². The van der Waals surface area contributed by atoms with Gasteiger partial charge in [-0.2, -0.15) is 0 Å². The third kappa shape index (κ3) is 5.17. The molecule has 2 aromatic rings. The van der Waals surface area contributed by atoms with Gasteiger partial charge in [0.2, 0.25) is 0 Å². The Hall–Kier alpha value is -1.92. The van der Waals surface area contributed by atoms with Crippen LogP contribution in [-0.2, 0) is 6.54 Å². The van der Waals surface area contributed by atoms with Gasteiger partial charge >= 0.3 is 5.97 Å². The van der Waals surface area contributed by atoms with Gasteiger partial charge in [-0.25, -0.2) is 9.18 Å². The molecule has 0 amide bonds. The summed E-state index contributed by atoms with van der Waals surface area (Å²) in [5.41, 5.74) is 0.932. The van der Waals surface area contributed by atoms with Crippen LogP contribution in [0.3, 0.4) is 0 Å². The van der Waals surface area contributed by atoms with Crippen molar-refractivity contribution in [2.24, 2.45) is 0 Å². The fourth-order valence-electron chi connectivity index (χ4n) is 3.50. The molecule has 6 heteroatoms. The van der Waals surface area contributed by atoms with E-state index in [-0.39, 0.29) is 16.9 Å². The maximum absolute atomic E-state index is 15.3. The Balaban J connectivity index is 1.99. The molecular formula is C23H27BrFNO3. The summed E-state index contributed by atoms with van der Waals surface area (Å²) in [6.45, 7) is 6.53. The van der Waals surface area contributed by atoms with Gasteiger partial charge in [-0.1, -0.05) is 31.5 Å². The number of carbonyl (C=O) groups is 1. The summed E-state index contributed by atoms with van der Waals surface area (Å²) in [6.07, 6.45) is 4.05. The number of carbonyl (C=O) groups excluding carboxylic acids is 1. The molecule has 0 atom stereocenters. The lowest BCUT2D eigenvalue weighted by Gasteiger charge is -2.22. The Labute approximate surface area is 180 Å². The minimum atomic E-state index is -0.618. The van der Waals surface area contributed by atoms with Crippen molar-refractivity contribution < 1.29 is 18.7 Å². The third-order valence-electron chi connectivity index (χ3n) is 5.14. The summed E-state index contributed by atoms with van der Waals surface area (Å²) in [6, 6.07) is 8.79. The first-order valence-electron chi connectivity index (χ1n) is 10.2. The summed E-state index contributed by atoms with van der Waals surface area (Å²) >= 11 is 3.53. The highest BCUT2D eigenvalue weighted by Crippen LogP contribution is 2.39. The van der Waals surface area contributed by atoms with Crippen molar-refractivity contribution in [3.63, 3.8) is 0 Å². The number of nitrogens with zero attached hydrogens (tertiary/aromatic N) is 1. The zero-order chi connectivity index (χ0) is 20.8. The summed E-state index contributed by atoms with van der Waals surface area (Å²) in [5, 5.41) is 0. The lowest BCUT2D eigenvalue weighted by atomic mass is 10.0. The molecule has 156 valence electrons. The molecular weight excluding hydrogens is 437 g/mol. The van der Waals surface area contributed by atoms with Crippen molar-refractivity contribution in [3.05, 3.63) is 57.3 Å². The number of hydrogen-bond donors (Lipinski definition) is 0. The van der Waals surface area contributed by atoms with E-state index >= 15 is 4.39 Å². The van der Waals surface area contributed by atoms with Gasteiger partial charge in [-0.05, 0) is 67.3 Å². The average molecular weight is 464 g/mol. The Morgan fingerprint density at radius 1 is 1.21 bits per heavy atom. The molecule has 1 saturated heterocycles. The number of unbranched alkanes of at least 4 members (excludes halogenated alkanes) is 1. The molecule has 1 aliphatic rings. The van der Waals surface area contributed by atoms with Crippen LogP contribution < -0.4 is 9.47 Å². The quantitative estimate of drug-likeness (QED) is 0.278. The molecule has 29 heavy (non-hydrogen) atoms. The van der Waals surface area contributed by atoms with E-state index in [0.717, 1.165) is 38.8 Å². The molecule has 0 bridgehead atoms. The van der Waals surface area contributed by atoms with Crippen LogP contribution in [0.5, 0.6) is 11.5 Å². The van der Waals surface area contributed by atoms with E-state index in [1.807, 2.05) is 6.07 Å². The van der Waals surface area contributed by atoms with E-state index in [9.17, 15) is 4.79 Å². The summed E-state index contributed by atoms with van der Waals surface area (Å²) in [4.78, 5) is 15.2. The average Bonchev–Trinajstić information content (AvgIpc) is 3.23. The maximum atomic E-state index is 15.3. The standard InChI is InChI=1S/C23H27BrFNO3/c1-3-4-14-28-22-19(23(27)29-17-10-6-5-7-11-17)16(2)21(25)18(20(22)24)15-26-12-8-9-13-26/h5-7,10-11H,3-4,8-9,12-15H2,1-2H3. The Bertz CT molecular complexity index is 851. The SMILES string of the molecule is CCCCOc1c(Br)c(CN2CCCC2)c(F)c(C)c1C(=O)Oc1ccccc1. The van der Waals surface area contributed by atoms with E-state index in [2.05, 4.69) is 27.8 Å². The molecule has 0 aliphatic carbocycles. The van der Waals surface area contributed by atoms with Crippen LogP contribution in [0.2, 0.25) is 0 Å². The largest absolute Gasteiger partial charge is 0.491 e. The van der Waals surface area contributed by atoms with Crippen LogP contribution in [0.15, 0.2) is 34.8 Å². The van der Waals surface area contributed by atoms with Gasteiger partial charge in [-0.3, -0.25) is 4.90 Å². The molecule has 2 aromatic carbocycles. The van der Waals surface area contributed by atoms with E-state index in [1.165, 1.54) is 0 Å². The van der Waals surface area contributed by atoms with E-state index in [0.29, 0.717) is 34.7 Å². The van der Waals surface area contributed by atoms with Crippen LogP contribution in [0.4, 0.5) is 4.39 Å². The highest BCUT2D eigenvalue weighted by Gasteiger charge is 2.29. The van der Waals surface area contributed by atoms with Gasteiger partial charge in [0, 0.05) is 17.7 Å². The Morgan fingerprint density at radius 2 is 1.90 bits per heavy atom. The zero-order valence-electron chi connectivity index (χ0n) is 17.0. The fraction of sp³-hybridized carbons (Fsp3) is 0.435. The normalized spacial score (nSPS) is 14.2. The highest BCUT2D eigenvalue weighted by molar-refractivity contribution is 9.10. The van der Waals surface area contributed by atoms with Gasteiger partial charge < -0.3 is 9.47 Å². The molecule has 1 fully saturated rings. The van der Waals surface area contributed by atoms with Crippen LogP contribution >= 0.6 is 15.9 Å². The van der Waals surface area contributed by atoms with Gasteiger partial charge in [0.1, 0.15) is 22.9 Å². The minimum absolute atomic E-state index is 0.138. The Morgan fingerprint density at radius 3 is 2.55 bits per heavy atom. The second-order valence-corrected chi connectivity index (χ2v) is 8.12. The fourth-order valence-corrected chi connectivity index (χ4v) is 4.11. The van der Waals surface area contributed by atoms with Crippen molar-refractivity contribution >= 4 is 21.9 Å².